The first-order valence-corrected chi connectivity index (χ1v) is 8.77. The average molecular weight is 314 g/mol. The lowest BCUT2D eigenvalue weighted by Gasteiger charge is -2.11. The molecule has 0 radical (unpaired) electrons. The minimum atomic E-state index is -0.472. The molecule has 2 unspecified atom stereocenters. The van der Waals surface area contributed by atoms with Gasteiger partial charge in [0.25, 0.3) is 5.91 Å². The van der Waals surface area contributed by atoms with E-state index in [1.165, 1.54) is 0 Å². The summed E-state index contributed by atoms with van der Waals surface area (Å²) in [7, 11) is 0. The zero-order chi connectivity index (χ0) is 14.5. The summed E-state index contributed by atoms with van der Waals surface area (Å²) in [5.41, 5.74) is 0.297. The van der Waals surface area contributed by atoms with Gasteiger partial charge in [0.05, 0.1) is 6.61 Å². The highest BCUT2D eigenvalue weighted by Gasteiger charge is 2.26. The zero-order valence-corrected chi connectivity index (χ0v) is 13.2. The van der Waals surface area contributed by atoms with Gasteiger partial charge in [-0.2, -0.15) is 11.8 Å². The Hall–Kier alpha value is -1.08. The summed E-state index contributed by atoms with van der Waals surface area (Å²) in [6.45, 7) is 2.04. The molecule has 0 spiro atoms. The number of aromatic nitrogens is 1. The maximum absolute atomic E-state index is 12.1. The van der Waals surface area contributed by atoms with E-state index >= 15 is 0 Å². The number of hydrogen-bond acceptors (Lipinski definition) is 6. The molecule has 0 bridgehead atoms. The van der Waals surface area contributed by atoms with E-state index in [9.17, 15) is 9.59 Å². The Morgan fingerprint density at radius 1 is 1.55 bits per heavy atom. The minimum Gasteiger partial charge on any atom is -0.461 e. The fraction of sp³-hybridized carbons (Fsp3) is 0.615. The number of nitrogens with zero attached hydrogens (tertiary/aromatic N) is 1. The lowest BCUT2D eigenvalue weighted by Crippen LogP contribution is -2.33. The van der Waals surface area contributed by atoms with Crippen molar-refractivity contribution in [2.75, 3.05) is 12.9 Å². The Kier molecular flexibility index (Phi) is 5.42. The van der Waals surface area contributed by atoms with Crippen LogP contribution >= 0.6 is 23.1 Å². The van der Waals surface area contributed by atoms with Crippen LogP contribution in [0.3, 0.4) is 0 Å². The van der Waals surface area contributed by atoms with Crippen molar-refractivity contribution in [3.8, 4) is 0 Å². The highest BCUT2D eigenvalue weighted by molar-refractivity contribution is 7.99. The number of nitrogens with one attached hydrogen (secondary N) is 1. The van der Waals surface area contributed by atoms with E-state index in [1.807, 2.05) is 11.8 Å². The molecular weight excluding hydrogens is 296 g/mol. The third-order valence-electron chi connectivity index (χ3n) is 3.24. The molecule has 7 heteroatoms. The monoisotopic (exact) mass is 314 g/mol. The molecule has 110 valence electrons. The number of hydrogen-bond donors (Lipinski definition) is 1. The maximum Gasteiger partial charge on any atom is 0.367 e. The van der Waals surface area contributed by atoms with Crippen LogP contribution < -0.4 is 5.32 Å². The van der Waals surface area contributed by atoms with Crippen LogP contribution in [-0.4, -0.2) is 41.0 Å². The summed E-state index contributed by atoms with van der Waals surface area (Å²) in [4.78, 5) is 27.6. The number of amides is 1. The van der Waals surface area contributed by atoms with Crippen LogP contribution in [0.15, 0.2) is 5.38 Å². The van der Waals surface area contributed by atoms with E-state index in [1.54, 1.807) is 12.3 Å². The molecule has 1 amide bonds. The normalized spacial score (nSPS) is 21.7. The molecule has 1 aromatic rings. The van der Waals surface area contributed by atoms with E-state index in [-0.39, 0.29) is 17.0 Å². The lowest BCUT2D eigenvalue weighted by atomic mass is 10.2. The number of rotatable bonds is 5. The van der Waals surface area contributed by atoms with E-state index < -0.39 is 5.97 Å². The first kappa shape index (κ1) is 15.3. The van der Waals surface area contributed by atoms with Crippen molar-refractivity contribution >= 4 is 35.0 Å². The topological polar surface area (TPSA) is 68.3 Å². The molecule has 2 atom stereocenters. The van der Waals surface area contributed by atoms with Gasteiger partial charge in [0.1, 0.15) is 5.69 Å². The summed E-state index contributed by atoms with van der Waals surface area (Å²) in [6.07, 6.45) is 5.24. The Morgan fingerprint density at radius 3 is 3.00 bits per heavy atom. The molecule has 2 rings (SSSR count). The molecule has 1 aliphatic rings. The summed E-state index contributed by atoms with van der Waals surface area (Å²) in [6, 6.07) is 0.215. The van der Waals surface area contributed by atoms with Crippen LogP contribution in [0.5, 0.6) is 0 Å². The molecule has 20 heavy (non-hydrogen) atoms. The molecule has 1 aromatic heterocycles. The standard InChI is InChI=1S/C13H18N2O3S2/c1-3-18-13(17)12-15-10(7-20-12)11(16)14-8-4-5-9(6-8)19-2/h7-9H,3-6H2,1-2H3,(H,14,16). The molecule has 1 aliphatic carbocycles. The number of thiazole rings is 1. The Bertz CT molecular complexity index is 490. The van der Waals surface area contributed by atoms with Gasteiger partial charge in [-0.05, 0) is 32.4 Å². The van der Waals surface area contributed by atoms with Crippen molar-refractivity contribution in [1.82, 2.24) is 10.3 Å². The van der Waals surface area contributed by atoms with Crippen LogP contribution in [0.25, 0.3) is 0 Å². The van der Waals surface area contributed by atoms with Crippen molar-refractivity contribution in [3.05, 3.63) is 16.1 Å². The van der Waals surface area contributed by atoms with Gasteiger partial charge in [0.15, 0.2) is 0 Å². The van der Waals surface area contributed by atoms with Gasteiger partial charge >= 0.3 is 5.97 Å². The fourth-order valence-corrected chi connectivity index (χ4v) is 3.69. The van der Waals surface area contributed by atoms with E-state index in [4.69, 9.17) is 4.74 Å². The van der Waals surface area contributed by atoms with E-state index in [2.05, 4.69) is 16.6 Å². The third-order valence-corrected chi connectivity index (χ3v) is 5.16. The molecule has 1 heterocycles. The Labute approximate surface area is 126 Å². The summed E-state index contributed by atoms with van der Waals surface area (Å²) in [5.74, 6) is -0.677. The fourth-order valence-electron chi connectivity index (χ4n) is 2.21. The van der Waals surface area contributed by atoms with E-state index in [0.29, 0.717) is 17.6 Å². The first-order chi connectivity index (χ1) is 9.63. The van der Waals surface area contributed by atoms with Gasteiger partial charge in [0, 0.05) is 16.7 Å². The molecular formula is C13H18N2O3S2. The SMILES string of the molecule is CCOC(=O)c1nc(C(=O)NC2CCC(SC)C2)cs1. The first-order valence-electron chi connectivity index (χ1n) is 6.60. The number of ether oxygens (including phenoxy) is 1. The summed E-state index contributed by atoms with van der Waals surface area (Å²) in [5, 5.41) is 5.44. The average Bonchev–Trinajstić information content (AvgIpc) is 3.07. The zero-order valence-electron chi connectivity index (χ0n) is 11.5. The number of carbonyl (C=O) groups excluding carboxylic acids is 2. The molecule has 0 aromatic carbocycles. The second-order valence-corrected chi connectivity index (χ2v) is 6.60. The molecule has 1 fully saturated rings. The van der Waals surface area contributed by atoms with Crippen LogP contribution in [0.4, 0.5) is 0 Å². The molecule has 0 saturated heterocycles. The lowest BCUT2D eigenvalue weighted by molar-refractivity contribution is 0.0526. The van der Waals surface area contributed by atoms with Crippen molar-refractivity contribution in [2.24, 2.45) is 0 Å². The van der Waals surface area contributed by atoms with Crippen molar-refractivity contribution < 1.29 is 14.3 Å². The number of thioether (sulfide) groups is 1. The van der Waals surface area contributed by atoms with Gasteiger partial charge < -0.3 is 10.1 Å². The molecule has 0 aliphatic heterocycles. The van der Waals surface area contributed by atoms with Crippen molar-refractivity contribution in [3.63, 3.8) is 0 Å². The van der Waals surface area contributed by atoms with Crippen LogP contribution in [0.2, 0.25) is 0 Å². The molecule has 1 saturated carbocycles. The Morgan fingerprint density at radius 2 is 2.35 bits per heavy atom. The minimum absolute atomic E-state index is 0.205. The highest BCUT2D eigenvalue weighted by atomic mass is 32.2. The van der Waals surface area contributed by atoms with Gasteiger partial charge in [-0.3, -0.25) is 4.79 Å². The highest BCUT2D eigenvalue weighted by Crippen LogP contribution is 2.28. The number of carbonyl (C=O) groups is 2. The van der Waals surface area contributed by atoms with E-state index in [0.717, 1.165) is 30.6 Å². The second kappa shape index (κ2) is 7.08. The summed E-state index contributed by atoms with van der Waals surface area (Å²) >= 11 is 2.98. The van der Waals surface area contributed by atoms with Gasteiger partial charge in [-0.25, -0.2) is 9.78 Å². The van der Waals surface area contributed by atoms with Crippen molar-refractivity contribution in [1.29, 1.82) is 0 Å². The largest absolute Gasteiger partial charge is 0.461 e. The van der Waals surface area contributed by atoms with Crippen molar-refractivity contribution in [2.45, 2.75) is 37.5 Å². The van der Waals surface area contributed by atoms with Crippen LogP contribution in [0.1, 0.15) is 46.5 Å². The predicted molar refractivity (Wildman–Crippen MR) is 80.5 cm³/mol. The van der Waals surface area contributed by atoms with Gasteiger partial charge in [-0.15, -0.1) is 11.3 Å². The number of esters is 1. The third kappa shape index (κ3) is 3.73. The quantitative estimate of drug-likeness (QED) is 0.845. The van der Waals surface area contributed by atoms with Gasteiger partial charge in [0.2, 0.25) is 5.01 Å². The second-order valence-electron chi connectivity index (χ2n) is 4.60. The van der Waals surface area contributed by atoms with Crippen LogP contribution in [0, 0.1) is 0 Å². The van der Waals surface area contributed by atoms with Gasteiger partial charge in [-0.1, -0.05) is 0 Å². The molecule has 1 N–H and O–H groups in total. The Balaban J connectivity index is 1.91. The molecule has 5 nitrogen and oxygen atoms in total. The van der Waals surface area contributed by atoms with Crippen LogP contribution in [-0.2, 0) is 4.74 Å². The smallest absolute Gasteiger partial charge is 0.367 e. The predicted octanol–water partition coefficient (Wildman–Crippen LogP) is 2.33. The maximum atomic E-state index is 12.1. The summed E-state index contributed by atoms with van der Waals surface area (Å²) < 4.78 is 4.86.